The van der Waals surface area contributed by atoms with Gasteiger partial charge in [-0.2, -0.15) is 0 Å². The van der Waals surface area contributed by atoms with Gasteiger partial charge in [0.05, 0.1) is 6.20 Å². The lowest BCUT2D eigenvalue weighted by molar-refractivity contribution is 0.142. The highest BCUT2D eigenvalue weighted by molar-refractivity contribution is 5.42. The molecular formula is C6H5F3N2O. The average Bonchev–Trinajstić information content (AvgIpc) is 1.97. The van der Waals surface area contributed by atoms with Crippen molar-refractivity contribution in [2.24, 2.45) is 0 Å². The van der Waals surface area contributed by atoms with Crippen LogP contribution in [0.25, 0.3) is 0 Å². The van der Waals surface area contributed by atoms with Crippen molar-refractivity contribution in [3.05, 3.63) is 17.6 Å². The Labute approximate surface area is 65.6 Å². The first-order chi connectivity index (χ1) is 5.54. The Morgan fingerprint density at radius 3 is 2.50 bits per heavy atom. The van der Waals surface area contributed by atoms with E-state index < -0.39 is 29.4 Å². The maximum Gasteiger partial charge on any atom is 0.270 e. The molecule has 0 amide bonds. The maximum atomic E-state index is 12.7. The van der Waals surface area contributed by atoms with Gasteiger partial charge in [0.25, 0.3) is 6.43 Å². The molecule has 0 unspecified atom stereocenters. The van der Waals surface area contributed by atoms with E-state index in [1.165, 1.54) is 0 Å². The molecule has 0 bridgehead atoms. The van der Waals surface area contributed by atoms with E-state index in [0.29, 0.717) is 6.20 Å². The van der Waals surface area contributed by atoms with Gasteiger partial charge in [-0.25, -0.2) is 18.2 Å². The van der Waals surface area contributed by atoms with Crippen LogP contribution in [0, 0.1) is 5.82 Å². The molecule has 1 aromatic heterocycles. The van der Waals surface area contributed by atoms with Crippen molar-refractivity contribution in [2.75, 3.05) is 5.73 Å². The zero-order valence-corrected chi connectivity index (χ0v) is 5.76. The van der Waals surface area contributed by atoms with Crippen LogP contribution in [0.4, 0.5) is 19.0 Å². The normalized spacial score (nSPS) is 10.7. The van der Waals surface area contributed by atoms with Crippen LogP contribution in [0.2, 0.25) is 0 Å². The Balaban J connectivity index is 3.33. The van der Waals surface area contributed by atoms with Crippen LogP contribution in [-0.2, 0) is 0 Å². The van der Waals surface area contributed by atoms with Gasteiger partial charge in [0.1, 0.15) is 11.3 Å². The number of aromatic hydroxyl groups is 1. The van der Waals surface area contributed by atoms with Gasteiger partial charge >= 0.3 is 0 Å². The highest BCUT2D eigenvalue weighted by Gasteiger charge is 2.20. The van der Waals surface area contributed by atoms with E-state index in [9.17, 15) is 13.2 Å². The van der Waals surface area contributed by atoms with E-state index in [1.54, 1.807) is 0 Å². The van der Waals surface area contributed by atoms with Crippen LogP contribution in [-0.4, -0.2) is 10.1 Å². The topological polar surface area (TPSA) is 59.1 Å². The van der Waals surface area contributed by atoms with E-state index >= 15 is 0 Å². The van der Waals surface area contributed by atoms with E-state index in [2.05, 4.69) is 4.98 Å². The molecule has 1 heterocycles. The van der Waals surface area contributed by atoms with Gasteiger partial charge in [-0.15, -0.1) is 0 Å². The molecule has 12 heavy (non-hydrogen) atoms. The molecule has 0 spiro atoms. The summed E-state index contributed by atoms with van der Waals surface area (Å²) < 4.78 is 36.7. The molecule has 0 atom stereocenters. The van der Waals surface area contributed by atoms with Crippen LogP contribution >= 0.6 is 0 Å². The van der Waals surface area contributed by atoms with Crippen molar-refractivity contribution in [3.63, 3.8) is 0 Å². The Hall–Kier alpha value is -1.46. The Morgan fingerprint density at radius 2 is 2.08 bits per heavy atom. The summed E-state index contributed by atoms with van der Waals surface area (Å²) in [4.78, 5) is 3.14. The fourth-order valence-corrected chi connectivity index (χ4v) is 0.715. The van der Waals surface area contributed by atoms with Crippen molar-refractivity contribution in [1.82, 2.24) is 4.98 Å². The fourth-order valence-electron chi connectivity index (χ4n) is 0.715. The van der Waals surface area contributed by atoms with Crippen LogP contribution < -0.4 is 5.73 Å². The molecule has 66 valence electrons. The SMILES string of the molecule is Nc1ncc(O)c(C(F)F)c1F. The van der Waals surface area contributed by atoms with Crippen molar-refractivity contribution in [3.8, 4) is 5.75 Å². The predicted octanol–water partition coefficient (Wildman–Crippen LogP) is 1.45. The van der Waals surface area contributed by atoms with Crippen molar-refractivity contribution in [2.45, 2.75) is 6.43 Å². The number of hydrogen-bond acceptors (Lipinski definition) is 3. The molecule has 0 aliphatic carbocycles. The smallest absolute Gasteiger partial charge is 0.270 e. The predicted molar refractivity (Wildman–Crippen MR) is 35.2 cm³/mol. The summed E-state index contributed by atoms with van der Waals surface area (Å²) in [5.41, 5.74) is 3.79. The molecule has 0 saturated carbocycles. The fraction of sp³-hybridized carbons (Fsp3) is 0.167. The molecule has 1 aromatic rings. The third-order valence-corrected chi connectivity index (χ3v) is 1.28. The van der Waals surface area contributed by atoms with Crippen molar-refractivity contribution >= 4 is 5.82 Å². The third kappa shape index (κ3) is 1.27. The van der Waals surface area contributed by atoms with E-state index in [4.69, 9.17) is 10.8 Å². The minimum absolute atomic E-state index is 0.650. The highest BCUT2D eigenvalue weighted by atomic mass is 19.3. The van der Waals surface area contributed by atoms with Crippen molar-refractivity contribution < 1.29 is 18.3 Å². The summed E-state index contributed by atoms with van der Waals surface area (Å²) in [6.45, 7) is 0. The van der Waals surface area contributed by atoms with Gasteiger partial charge in [-0.1, -0.05) is 0 Å². The molecule has 0 saturated heterocycles. The lowest BCUT2D eigenvalue weighted by Gasteiger charge is -2.04. The molecule has 1 rings (SSSR count). The number of aromatic nitrogens is 1. The van der Waals surface area contributed by atoms with Gasteiger partial charge in [0.15, 0.2) is 11.6 Å². The summed E-state index contributed by atoms with van der Waals surface area (Å²) in [7, 11) is 0. The van der Waals surface area contributed by atoms with Crippen LogP contribution in [0.3, 0.4) is 0 Å². The molecule has 0 aliphatic rings. The standard InChI is InChI=1S/C6H5F3N2O/c7-4-3(5(8)9)2(12)1-11-6(4)10/h1,5,12H,(H2,10,11). The number of anilines is 1. The number of nitrogens with two attached hydrogens (primary N) is 1. The van der Waals surface area contributed by atoms with E-state index in [0.717, 1.165) is 0 Å². The van der Waals surface area contributed by atoms with Gasteiger partial charge in [-0.3, -0.25) is 0 Å². The Morgan fingerprint density at radius 1 is 1.50 bits per heavy atom. The number of rotatable bonds is 1. The summed E-state index contributed by atoms with van der Waals surface area (Å²) in [6, 6.07) is 0. The van der Waals surface area contributed by atoms with Crippen LogP contribution in [0.15, 0.2) is 6.20 Å². The molecular weight excluding hydrogens is 173 g/mol. The average molecular weight is 178 g/mol. The van der Waals surface area contributed by atoms with Gasteiger partial charge in [-0.05, 0) is 0 Å². The highest BCUT2D eigenvalue weighted by Crippen LogP contribution is 2.31. The summed E-state index contributed by atoms with van der Waals surface area (Å²) in [5, 5.41) is 8.75. The minimum Gasteiger partial charge on any atom is -0.506 e. The van der Waals surface area contributed by atoms with Gasteiger partial charge < -0.3 is 10.8 Å². The second-order valence-electron chi connectivity index (χ2n) is 2.06. The minimum atomic E-state index is -3.10. The van der Waals surface area contributed by atoms with Gasteiger partial charge in [0, 0.05) is 0 Å². The first kappa shape index (κ1) is 8.63. The zero-order valence-electron chi connectivity index (χ0n) is 5.76. The number of pyridine rings is 1. The second-order valence-corrected chi connectivity index (χ2v) is 2.06. The molecule has 3 nitrogen and oxygen atoms in total. The Kier molecular flexibility index (Phi) is 2.07. The summed E-state index contributed by atoms with van der Waals surface area (Å²) >= 11 is 0. The maximum absolute atomic E-state index is 12.7. The molecule has 0 radical (unpaired) electrons. The zero-order chi connectivity index (χ0) is 9.30. The van der Waals surface area contributed by atoms with E-state index in [1.807, 2.05) is 0 Å². The number of nitrogen functional groups attached to an aromatic ring is 1. The first-order valence-electron chi connectivity index (χ1n) is 2.95. The monoisotopic (exact) mass is 178 g/mol. The number of halogens is 3. The largest absolute Gasteiger partial charge is 0.506 e. The lowest BCUT2D eigenvalue weighted by atomic mass is 10.2. The van der Waals surface area contributed by atoms with Gasteiger partial charge in [0.2, 0.25) is 0 Å². The van der Waals surface area contributed by atoms with Crippen LogP contribution in [0.1, 0.15) is 12.0 Å². The molecule has 3 N–H and O–H groups in total. The number of alkyl halides is 2. The second kappa shape index (κ2) is 2.88. The molecule has 0 fully saturated rings. The first-order valence-corrected chi connectivity index (χ1v) is 2.95. The Bertz CT molecular complexity index is 303. The number of nitrogens with zero attached hydrogens (tertiary/aromatic N) is 1. The number of hydrogen-bond donors (Lipinski definition) is 2. The van der Waals surface area contributed by atoms with E-state index in [-0.39, 0.29) is 0 Å². The summed E-state index contributed by atoms with van der Waals surface area (Å²) in [5.74, 6) is -2.91. The quantitative estimate of drug-likeness (QED) is 0.684. The molecule has 0 aliphatic heterocycles. The third-order valence-electron chi connectivity index (χ3n) is 1.28. The van der Waals surface area contributed by atoms with Crippen LogP contribution in [0.5, 0.6) is 5.75 Å². The molecule has 0 aromatic carbocycles. The summed E-state index contributed by atoms with van der Waals surface area (Å²) in [6.07, 6.45) is -2.42. The molecule has 6 heteroatoms. The van der Waals surface area contributed by atoms with Crippen molar-refractivity contribution in [1.29, 1.82) is 0 Å². The lowest BCUT2D eigenvalue weighted by Crippen LogP contribution is -2.00.